The molecule has 0 saturated heterocycles. The molecule has 1 amide bonds. The van der Waals surface area contributed by atoms with Crippen molar-refractivity contribution in [3.8, 4) is 17.0 Å². The van der Waals surface area contributed by atoms with Gasteiger partial charge in [0.25, 0.3) is 5.91 Å². The molecule has 3 aromatic heterocycles. The highest BCUT2D eigenvalue weighted by Crippen LogP contribution is 2.28. The first-order chi connectivity index (χ1) is 15.0. The van der Waals surface area contributed by atoms with Crippen LogP contribution in [0.25, 0.3) is 22.3 Å². The maximum Gasteiger partial charge on any atom is 0.252 e. The van der Waals surface area contributed by atoms with Crippen LogP contribution in [0.3, 0.4) is 0 Å². The standard InChI is InChI=1S/C23H26N6O2/c1-15(14-29-11-5-10-25-29)13-24-23(30)19-12-20(17-6-8-18(31-4)9-7-17)26-22-21(19)16(2)27-28(22)3/h5-12,15H,13-14H2,1-4H3,(H,24,30)/t15-/m1/s1. The number of amides is 1. The zero-order chi connectivity index (χ0) is 22.0. The van der Waals surface area contributed by atoms with Crippen LogP contribution >= 0.6 is 0 Å². The highest BCUT2D eigenvalue weighted by atomic mass is 16.5. The van der Waals surface area contributed by atoms with E-state index >= 15 is 0 Å². The maximum atomic E-state index is 13.2. The van der Waals surface area contributed by atoms with Gasteiger partial charge in [0.05, 0.1) is 29.4 Å². The fourth-order valence-electron chi connectivity index (χ4n) is 3.69. The second kappa shape index (κ2) is 8.59. The summed E-state index contributed by atoms with van der Waals surface area (Å²) >= 11 is 0. The Balaban J connectivity index is 1.64. The van der Waals surface area contributed by atoms with Crippen LogP contribution in [0.5, 0.6) is 5.75 Å². The number of carbonyl (C=O) groups excluding carboxylic acids is 1. The molecule has 4 rings (SSSR count). The number of fused-ring (bicyclic) bond motifs is 1. The number of hydrogen-bond donors (Lipinski definition) is 1. The van der Waals surface area contributed by atoms with E-state index in [-0.39, 0.29) is 11.8 Å². The van der Waals surface area contributed by atoms with Crippen LogP contribution in [0.2, 0.25) is 0 Å². The van der Waals surface area contributed by atoms with Gasteiger partial charge in [-0.1, -0.05) is 6.92 Å². The Hall–Kier alpha value is -3.68. The normalized spacial score (nSPS) is 12.1. The summed E-state index contributed by atoms with van der Waals surface area (Å²) in [5, 5.41) is 12.6. The number of pyridine rings is 1. The lowest BCUT2D eigenvalue weighted by Crippen LogP contribution is -2.30. The summed E-state index contributed by atoms with van der Waals surface area (Å²) < 4.78 is 8.83. The first kappa shape index (κ1) is 20.6. The van der Waals surface area contributed by atoms with Gasteiger partial charge in [-0.3, -0.25) is 14.2 Å². The van der Waals surface area contributed by atoms with Crippen LogP contribution in [0.1, 0.15) is 23.0 Å². The SMILES string of the molecule is COc1ccc(-c2cc(C(=O)NC[C@@H](C)Cn3cccn3)c3c(C)nn(C)c3n2)cc1. The van der Waals surface area contributed by atoms with E-state index < -0.39 is 0 Å². The van der Waals surface area contributed by atoms with E-state index in [0.29, 0.717) is 23.4 Å². The lowest BCUT2D eigenvalue weighted by atomic mass is 10.0. The summed E-state index contributed by atoms with van der Waals surface area (Å²) in [5.74, 6) is 0.869. The molecule has 0 aliphatic carbocycles. The molecule has 0 fully saturated rings. The predicted molar refractivity (Wildman–Crippen MR) is 119 cm³/mol. The van der Waals surface area contributed by atoms with E-state index in [1.54, 1.807) is 18.0 Å². The molecule has 8 nitrogen and oxygen atoms in total. The Kier molecular flexibility index (Phi) is 5.70. The number of aromatic nitrogens is 5. The molecule has 160 valence electrons. The molecule has 31 heavy (non-hydrogen) atoms. The van der Waals surface area contributed by atoms with Gasteiger partial charge in [-0.15, -0.1) is 0 Å². The smallest absolute Gasteiger partial charge is 0.252 e. The number of aryl methyl sites for hydroxylation is 2. The number of hydrogen-bond acceptors (Lipinski definition) is 5. The number of nitrogens with one attached hydrogen (secondary N) is 1. The number of nitrogens with zero attached hydrogens (tertiary/aromatic N) is 5. The van der Waals surface area contributed by atoms with Gasteiger partial charge in [-0.25, -0.2) is 4.98 Å². The second-order valence-electron chi connectivity index (χ2n) is 7.73. The van der Waals surface area contributed by atoms with Crippen molar-refractivity contribution >= 4 is 16.9 Å². The van der Waals surface area contributed by atoms with Crippen LogP contribution in [0.15, 0.2) is 48.8 Å². The van der Waals surface area contributed by atoms with Gasteiger partial charge in [0.2, 0.25) is 0 Å². The number of rotatable bonds is 7. The minimum Gasteiger partial charge on any atom is -0.497 e. The van der Waals surface area contributed by atoms with Crippen LogP contribution in [0.4, 0.5) is 0 Å². The molecule has 0 radical (unpaired) electrons. The van der Waals surface area contributed by atoms with Gasteiger partial charge >= 0.3 is 0 Å². The number of methoxy groups -OCH3 is 1. The summed E-state index contributed by atoms with van der Waals surface area (Å²) in [6.45, 7) is 5.26. The van der Waals surface area contributed by atoms with Gasteiger partial charge in [0.1, 0.15) is 5.75 Å². The molecular formula is C23H26N6O2. The molecule has 4 aromatic rings. The lowest BCUT2D eigenvalue weighted by molar-refractivity contribution is 0.0948. The Morgan fingerprint density at radius 3 is 2.71 bits per heavy atom. The van der Waals surface area contributed by atoms with Crippen molar-refractivity contribution < 1.29 is 9.53 Å². The van der Waals surface area contributed by atoms with E-state index in [2.05, 4.69) is 22.4 Å². The third-order valence-electron chi connectivity index (χ3n) is 5.27. The molecule has 8 heteroatoms. The summed E-state index contributed by atoms with van der Waals surface area (Å²) in [6.07, 6.45) is 3.68. The molecule has 0 aliphatic heterocycles. The largest absolute Gasteiger partial charge is 0.497 e. The van der Waals surface area contributed by atoms with E-state index in [0.717, 1.165) is 28.9 Å². The van der Waals surface area contributed by atoms with Crippen molar-refractivity contribution in [3.05, 3.63) is 60.0 Å². The maximum absolute atomic E-state index is 13.2. The van der Waals surface area contributed by atoms with Gasteiger partial charge in [0.15, 0.2) is 5.65 Å². The van der Waals surface area contributed by atoms with Crippen molar-refractivity contribution in [2.24, 2.45) is 13.0 Å². The topological polar surface area (TPSA) is 86.9 Å². The van der Waals surface area contributed by atoms with Crippen LogP contribution in [-0.4, -0.2) is 44.1 Å². The zero-order valence-corrected chi connectivity index (χ0v) is 18.2. The van der Waals surface area contributed by atoms with E-state index in [1.807, 2.05) is 61.2 Å². The van der Waals surface area contributed by atoms with Gasteiger partial charge in [-0.05, 0) is 49.2 Å². The molecular weight excluding hydrogens is 392 g/mol. The average Bonchev–Trinajstić information content (AvgIpc) is 3.39. The first-order valence-electron chi connectivity index (χ1n) is 10.2. The van der Waals surface area contributed by atoms with Gasteiger partial charge < -0.3 is 10.1 Å². The molecule has 1 N–H and O–H groups in total. The van der Waals surface area contributed by atoms with E-state index in [1.165, 1.54) is 0 Å². The van der Waals surface area contributed by atoms with Crippen molar-refractivity contribution in [2.45, 2.75) is 20.4 Å². The monoisotopic (exact) mass is 418 g/mol. The number of ether oxygens (including phenoxy) is 1. The fraction of sp³-hybridized carbons (Fsp3) is 0.304. The number of benzene rings is 1. The molecule has 0 bridgehead atoms. The Bertz CT molecular complexity index is 1200. The van der Waals surface area contributed by atoms with Gasteiger partial charge in [0, 0.05) is 38.1 Å². The number of carbonyl (C=O) groups is 1. The fourth-order valence-corrected chi connectivity index (χ4v) is 3.69. The highest BCUT2D eigenvalue weighted by molar-refractivity contribution is 6.07. The Labute approximate surface area is 180 Å². The lowest BCUT2D eigenvalue weighted by Gasteiger charge is -2.14. The third-order valence-corrected chi connectivity index (χ3v) is 5.27. The summed E-state index contributed by atoms with van der Waals surface area (Å²) in [6, 6.07) is 11.4. The zero-order valence-electron chi connectivity index (χ0n) is 18.2. The van der Waals surface area contributed by atoms with Crippen LogP contribution in [-0.2, 0) is 13.6 Å². The highest BCUT2D eigenvalue weighted by Gasteiger charge is 2.19. The van der Waals surface area contributed by atoms with Crippen LogP contribution < -0.4 is 10.1 Å². The van der Waals surface area contributed by atoms with E-state index in [4.69, 9.17) is 9.72 Å². The molecule has 0 aliphatic rings. The van der Waals surface area contributed by atoms with E-state index in [9.17, 15) is 4.79 Å². The van der Waals surface area contributed by atoms with Gasteiger partial charge in [-0.2, -0.15) is 10.2 Å². The van der Waals surface area contributed by atoms with Crippen LogP contribution in [0, 0.1) is 12.8 Å². The van der Waals surface area contributed by atoms with Crippen molar-refractivity contribution in [1.82, 2.24) is 29.9 Å². The van der Waals surface area contributed by atoms with Crippen molar-refractivity contribution in [1.29, 1.82) is 0 Å². The third kappa shape index (κ3) is 4.28. The molecule has 1 atom stereocenters. The summed E-state index contributed by atoms with van der Waals surface area (Å²) in [5.41, 5.74) is 3.66. The molecule has 3 heterocycles. The van der Waals surface area contributed by atoms with Crippen molar-refractivity contribution in [2.75, 3.05) is 13.7 Å². The molecule has 1 aromatic carbocycles. The second-order valence-corrected chi connectivity index (χ2v) is 7.73. The molecule has 0 saturated carbocycles. The minimum atomic E-state index is -0.134. The summed E-state index contributed by atoms with van der Waals surface area (Å²) in [4.78, 5) is 18.0. The minimum absolute atomic E-state index is 0.134. The Morgan fingerprint density at radius 2 is 2.03 bits per heavy atom. The molecule has 0 spiro atoms. The quantitative estimate of drug-likeness (QED) is 0.498. The first-order valence-corrected chi connectivity index (χ1v) is 10.2. The molecule has 0 unspecified atom stereocenters. The predicted octanol–water partition coefficient (Wildman–Crippen LogP) is 3.21. The van der Waals surface area contributed by atoms with Crippen molar-refractivity contribution in [3.63, 3.8) is 0 Å². The average molecular weight is 419 g/mol. The summed E-state index contributed by atoms with van der Waals surface area (Å²) in [7, 11) is 3.47. The Morgan fingerprint density at radius 1 is 1.26 bits per heavy atom.